The number of hydrogen-bond donors (Lipinski definition) is 1. The van der Waals surface area contributed by atoms with Gasteiger partial charge in [-0.1, -0.05) is 31.2 Å². The number of nitrogens with one attached hydrogen (secondary N) is 1. The number of halogens is 2. The Morgan fingerprint density at radius 1 is 0.968 bits per heavy atom. The molecule has 0 atom stereocenters. The van der Waals surface area contributed by atoms with Crippen LogP contribution in [0.4, 0.5) is 25.1 Å². The van der Waals surface area contributed by atoms with Crippen molar-refractivity contribution in [2.24, 2.45) is 0 Å². The van der Waals surface area contributed by atoms with Crippen molar-refractivity contribution in [3.63, 3.8) is 0 Å². The SMILES string of the molecule is CCc1ccc(-c2ccc(N3CCN(C(=O)Nc4ccc(F)cc4F)CC3)nn2)cc1. The molecule has 1 aliphatic heterocycles. The zero-order chi connectivity index (χ0) is 21.8. The quantitative estimate of drug-likeness (QED) is 0.678. The average Bonchev–Trinajstić information content (AvgIpc) is 2.81. The number of aryl methyl sites for hydroxylation is 1. The highest BCUT2D eigenvalue weighted by Crippen LogP contribution is 2.21. The number of piperazine rings is 1. The standard InChI is InChI=1S/C23H23F2N5O/c1-2-16-3-5-17(6-4-16)20-9-10-22(28-27-20)29-11-13-30(14-12-29)23(31)26-21-8-7-18(24)15-19(21)25/h3-10,15H,2,11-14H2,1H3,(H,26,31). The second-order valence-corrected chi connectivity index (χ2v) is 7.36. The summed E-state index contributed by atoms with van der Waals surface area (Å²) in [5.74, 6) is -0.737. The third kappa shape index (κ3) is 4.79. The Kier molecular flexibility index (Phi) is 6.06. The number of aromatic nitrogens is 2. The first-order valence-electron chi connectivity index (χ1n) is 10.2. The number of carbonyl (C=O) groups excluding carboxylic acids is 1. The first-order chi connectivity index (χ1) is 15.0. The van der Waals surface area contributed by atoms with Crippen molar-refractivity contribution in [2.45, 2.75) is 13.3 Å². The summed E-state index contributed by atoms with van der Waals surface area (Å²) in [5, 5.41) is 11.2. The number of nitrogens with zero attached hydrogens (tertiary/aromatic N) is 4. The van der Waals surface area contributed by atoms with Gasteiger partial charge in [0.25, 0.3) is 0 Å². The van der Waals surface area contributed by atoms with E-state index in [4.69, 9.17) is 0 Å². The van der Waals surface area contributed by atoms with Crippen LogP contribution in [-0.2, 0) is 6.42 Å². The molecule has 0 bridgehead atoms. The molecule has 1 fully saturated rings. The molecule has 6 nitrogen and oxygen atoms in total. The van der Waals surface area contributed by atoms with E-state index in [9.17, 15) is 13.6 Å². The fraction of sp³-hybridized carbons (Fsp3) is 0.261. The van der Waals surface area contributed by atoms with Gasteiger partial charge in [-0.2, -0.15) is 0 Å². The highest BCUT2D eigenvalue weighted by atomic mass is 19.1. The molecule has 8 heteroatoms. The van der Waals surface area contributed by atoms with Gasteiger partial charge in [0.1, 0.15) is 11.6 Å². The van der Waals surface area contributed by atoms with Crippen LogP contribution >= 0.6 is 0 Å². The molecule has 3 aromatic rings. The third-order valence-electron chi connectivity index (χ3n) is 5.37. The fourth-order valence-corrected chi connectivity index (χ4v) is 3.48. The van der Waals surface area contributed by atoms with Crippen LogP contribution in [0, 0.1) is 11.6 Å². The van der Waals surface area contributed by atoms with Crippen LogP contribution in [0.25, 0.3) is 11.3 Å². The minimum atomic E-state index is -0.799. The van der Waals surface area contributed by atoms with Gasteiger partial charge in [0.2, 0.25) is 0 Å². The Hall–Kier alpha value is -3.55. The van der Waals surface area contributed by atoms with Crippen LogP contribution in [-0.4, -0.2) is 47.3 Å². The molecule has 31 heavy (non-hydrogen) atoms. The summed E-state index contributed by atoms with van der Waals surface area (Å²) in [7, 11) is 0. The molecule has 1 N–H and O–H groups in total. The topological polar surface area (TPSA) is 61.4 Å². The predicted octanol–water partition coefficient (Wildman–Crippen LogP) is 4.34. The van der Waals surface area contributed by atoms with E-state index in [2.05, 4.69) is 39.5 Å². The van der Waals surface area contributed by atoms with Crippen LogP contribution < -0.4 is 10.2 Å². The Labute approximate surface area is 179 Å². The maximum Gasteiger partial charge on any atom is 0.322 e. The van der Waals surface area contributed by atoms with Gasteiger partial charge < -0.3 is 15.1 Å². The molecule has 1 aliphatic rings. The van der Waals surface area contributed by atoms with Gasteiger partial charge in [0.15, 0.2) is 5.82 Å². The second-order valence-electron chi connectivity index (χ2n) is 7.36. The Bertz CT molecular complexity index is 1050. The maximum absolute atomic E-state index is 13.8. The number of benzene rings is 2. The average molecular weight is 423 g/mol. The van der Waals surface area contributed by atoms with E-state index in [0.29, 0.717) is 26.2 Å². The van der Waals surface area contributed by atoms with E-state index >= 15 is 0 Å². The molecule has 160 valence electrons. The molecule has 2 amide bonds. The lowest BCUT2D eigenvalue weighted by molar-refractivity contribution is 0.208. The van der Waals surface area contributed by atoms with E-state index in [0.717, 1.165) is 35.6 Å². The minimum Gasteiger partial charge on any atom is -0.352 e. The van der Waals surface area contributed by atoms with Crippen molar-refractivity contribution in [3.05, 3.63) is 71.8 Å². The van der Waals surface area contributed by atoms with Crippen LogP contribution in [0.15, 0.2) is 54.6 Å². The second kappa shape index (κ2) is 9.07. The summed E-state index contributed by atoms with van der Waals surface area (Å²) in [6, 6.07) is 14.8. The molecule has 0 aliphatic carbocycles. The van der Waals surface area contributed by atoms with E-state index in [1.807, 2.05) is 24.3 Å². The molecule has 4 rings (SSSR count). The van der Waals surface area contributed by atoms with E-state index in [-0.39, 0.29) is 5.69 Å². The van der Waals surface area contributed by atoms with Crippen LogP contribution in [0.2, 0.25) is 0 Å². The Balaban J connectivity index is 1.34. The normalized spacial score (nSPS) is 13.9. The summed E-state index contributed by atoms with van der Waals surface area (Å²) in [6.45, 7) is 4.19. The molecular weight excluding hydrogens is 400 g/mol. The number of amides is 2. The van der Waals surface area contributed by atoms with Crippen molar-refractivity contribution in [1.82, 2.24) is 15.1 Å². The van der Waals surface area contributed by atoms with E-state index in [1.54, 1.807) is 4.90 Å². The van der Waals surface area contributed by atoms with Crippen LogP contribution in [0.1, 0.15) is 12.5 Å². The number of anilines is 2. The smallest absolute Gasteiger partial charge is 0.322 e. The van der Waals surface area contributed by atoms with E-state index < -0.39 is 17.7 Å². The molecule has 2 heterocycles. The minimum absolute atomic E-state index is 0.0396. The molecule has 1 saturated heterocycles. The summed E-state index contributed by atoms with van der Waals surface area (Å²) < 4.78 is 26.8. The third-order valence-corrected chi connectivity index (χ3v) is 5.37. The zero-order valence-corrected chi connectivity index (χ0v) is 17.2. The molecule has 0 saturated carbocycles. The monoisotopic (exact) mass is 423 g/mol. The van der Waals surface area contributed by atoms with Gasteiger partial charge in [0.05, 0.1) is 11.4 Å². The maximum atomic E-state index is 13.8. The largest absolute Gasteiger partial charge is 0.352 e. The summed E-state index contributed by atoms with van der Waals surface area (Å²) in [6.07, 6.45) is 0.994. The summed E-state index contributed by atoms with van der Waals surface area (Å²) >= 11 is 0. The lowest BCUT2D eigenvalue weighted by Gasteiger charge is -2.35. The fourth-order valence-electron chi connectivity index (χ4n) is 3.48. The first kappa shape index (κ1) is 20.7. The van der Waals surface area contributed by atoms with Crippen molar-refractivity contribution in [2.75, 3.05) is 36.4 Å². The first-order valence-corrected chi connectivity index (χ1v) is 10.2. The Morgan fingerprint density at radius 2 is 1.71 bits per heavy atom. The van der Waals surface area contributed by atoms with Gasteiger partial charge in [-0.25, -0.2) is 13.6 Å². The van der Waals surface area contributed by atoms with E-state index in [1.165, 1.54) is 11.6 Å². The van der Waals surface area contributed by atoms with Crippen LogP contribution in [0.3, 0.4) is 0 Å². The van der Waals surface area contributed by atoms with Gasteiger partial charge in [0, 0.05) is 37.8 Å². The van der Waals surface area contributed by atoms with Crippen molar-refractivity contribution < 1.29 is 13.6 Å². The van der Waals surface area contributed by atoms with Gasteiger partial charge in [-0.3, -0.25) is 0 Å². The highest BCUT2D eigenvalue weighted by Gasteiger charge is 2.23. The molecular formula is C23H23F2N5O. The molecule has 0 radical (unpaired) electrons. The predicted molar refractivity (Wildman–Crippen MR) is 116 cm³/mol. The lowest BCUT2D eigenvalue weighted by atomic mass is 10.1. The molecule has 1 aromatic heterocycles. The van der Waals surface area contributed by atoms with Gasteiger partial charge >= 0.3 is 6.03 Å². The Morgan fingerprint density at radius 3 is 2.32 bits per heavy atom. The van der Waals surface area contributed by atoms with Crippen molar-refractivity contribution in [1.29, 1.82) is 0 Å². The number of rotatable bonds is 4. The molecule has 0 unspecified atom stereocenters. The van der Waals surface area contributed by atoms with Crippen molar-refractivity contribution in [3.8, 4) is 11.3 Å². The molecule has 2 aromatic carbocycles. The highest BCUT2D eigenvalue weighted by molar-refractivity contribution is 5.89. The van der Waals surface area contributed by atoms with Gasteiger partial charge in [-0.15, -0.1) is 10.2 Å². The van der Waals surface area contributed by atoms with Crippen LogP contribution in [0.5, 0.6) is 0 Å². The van der Waals surface area contributed by atoms with Crippen molar-refractivity contribution >= 4 is 17.5 Å². The molecule has 0 spiro atoms. The number of hydrogen-bond acceptors (Lipinski definition) is 4. The number of urea groups is 1. The van der Waals surface area contributed by atoms with Gasteiger partial charge in [-0.05, 0) is 36.2 Å². The summed E-state index contributed by atoms with van der Waals surface area (Å²) in [5.41, 5.74) is 3.07. The lowest BCUT2D eigenvalue weighted by Crippen LogP contribution is -2.50. The number of carbonyl (C=O) groups is 1. The zero-order valence-electron chi connectivity index (χ0n) is 17.2. The summed E-state index contributed by atoms with van der Waals surface area (Å²) in [4.78, 5) is 16.1.